The van der Waals surface area contributed by atoms with Crippen molar-refractivity contribution in [3.63, 3.8) is 0 Å². The first-order valence-electron chi connectivity index (χ1n) is 6.14. The number of carbonyl (C=O) groups is 1. The topological polar surface area (TPSA) is 52.9 Å². The molecule has 0 spiro atoms. The first kappa shape index (κ1) is 14.0. The second-order valence-electron chi connectivity index (χ2n) is 4.14. The fourth-order valence-corrected chi connectivity index (χ4v) is 1.53. The molecule has 3 heteroatoms. The molecular formula is C15H18N2O. The summed E-state index contributed by atoms with van der Waals surface area (Å²) in [6.45, 7) is 4.62. The van der Waals surface area contributed by atoms with Crippen molar-refractivity contribution in [1.29, 1.82) is 5.26 Å². The number of unbranched alkanes of at least 4 members (excludes halogenated alkanes) is 1. The zero-order valence-corrected chi connectivity index (χ0v) is 10.9. The molecule has 0 radical (unpaired) electrons. The standard InChI is InChI=1S/C15H18N2O/c1-3-4-9-17-15(18)14(11-16)10-13-8-6-5-7-12(13)2/h5-8,10H,3-4,9H2,1-2H3,(H,17,18). The van der Waals surface area contributed by atoms with Gasteiger partial charge in [-0.25, -0.2) is 0 Å². The van der Waals surface area contributed by atoms with E-state index in [1.807, 2.05) is 37.3 Å². The Morgan fingerprint density at radius 2 is 2.17 bits per heavy atom. The van der Waals surface area contributed by atoms with Crippen LogP contribution in [0.2, 0.25) is 0 Å². The Morgan fingerprint density at radius 3 is 2.78 bits per heavy atom. The molecule has 0 heterocycles. The van der Waals surface area contributed by atoms with Crippen molar-refractivity contribution in [2.24, 2.45) is 0 Å². The number of benzene rings is 1. The zero-order chi connectivity index (χ0) is 13.4. The van der Waals surface area contributed by atoms with Crippen molar-refractivity contribution in [2.45, 2.75) is 26.7 Å². The summed E-state index contributed by atoms with van der Waals surface area (Å²) in [5, 5.41) is 11.8. The van der Waals surface area contributed by atoms with Crippen LogP contribution >= 0.6 is 0 Å². The van der Waals surface area contributed by atoms with Gasteiger partial charge < -0.3 is 5.32 Å². The fraction of sp³-hybridized carbons (Fsp3) is 0.333. The maximum Gasteiger partial charge on any atom is 0.261 e. The molecule has 0 aliphatic carbocycles. The van der Waals surface area contributed by atoms with Crippen LogP contribution in [0.25, 0.3) is 6.08 Å². The highest BCUT2D eigenvalue weighted by atomic mass is 16.1. The summed E-state index contributed by atoms with van der Waals surface area (Å²) >= 11 is 0. The fourth-order valence-electron chi connectivity index (χ4n) is 1.53. The Labute approximate surface area is 108 Å². The van der Waals surface area contributed by atoms with E-state index in [0.717, 1.165) is 24.0 Å². The Hall–Kier alpha value is -2.08. The molecule has 0 aliphatic heterocycles. The minimum atomic E-state index is -0.297. The molecule has 0 atom stereocenters. The third kappa shape index (κ3) is 4.06. The number of amides is 1. The quantitative estimate of drug-likeness (QED) is 0.490. The van der Waals surface area contributed by atoms with E-state index in [-0.39, 0.29) is 11.5 Å². The molecule has 1 aromatic rings. The van der Waals surface area contributed by atoms with Crippen LogP contribution in [0.5, 0.6) is 0 Å². The average molecular weight is 242 g/mol. The Kier molecular flexibility index (Phi) is 5.66. The van der Waals surface area contributed by atoms with Gasteiger partial charge in [0.25, 0.3) is 5.91 Å². The van der Waals surface area contributed by atoms with Crippen molar-refractivity contribution in [1.82, 2.24) is 5.32 Å². The number of rotatable bonds is 5. The molecule has 0 saturated carbocycles. The molecule has 3 nitrogen and oxygen atoms in total. The summed E-state index contributed by atoms with van der Waals surface area (Å²) in [6, 6.07) is 9.62. The van der Waals surface area contributed by atoms with E-state index in [2.05, 4.69) is 12.2 Å². The number of nitrogens with one attached hydrogen (secondary N) is 1. The first-order chi connectivity index (χ1) is 8.69. The number of aryl methyl sites for hydroxylation is 1. The SMILES string of the molecule is CCCCNC(=O)C(C#N)=Cc1ccccc1C. The molecule has 94 valence electrons. The summed E-state index contributed by atoms with van der Waals surface area (Å²) in [5.41, 5.74) is 2.10. The van der Waals surface area contributed by atoms with Crippen molar-refractivity contribution in [3.8, 4) is 6.07 Å². The second-order valence-corrected chi connectivity index (χ2v) is 4.14. The predicted molar refractivity (Wildman–Crippen MR) is 72.7 cm³/mol. The Morgan fingerprint density at radius 1 is 1.44 bits per heavy atom. The predicted octanol–water partition coefficient (Wildman–Crippen LogP) is 2.82. The normalized spacial score (nSPS) is 10.8. The van der Waals surface area contributed by atoms with E-state index in [9.17, 15) is 4.79 Å². The van der Waals surface area contributed by atoms with Crippen LogP contribution in [0.4, 0.5) is 0 Å². The van der Waals surface area contributed by atoms with Crippen LogP contribution in [0.15, 0.2) is 29.8 Å². The lowest BCUT2D eigenvalue weighted by atomic mass is 10.1. The van der Waals surface area contributed by atoms with E-state index >= 15 is 0 Å². The highest BCUT2D eigenvalue weighted by molar-refractivity contribution is 6.01. The summed E-state index contributed by atoms with van der Waals surface area (Å²) in [4.78, 5) is 11.8. The van der Waals surface area contributed by atoms with Gasteiger partial charge in [-0.3, -0.25) is 4.79 Å². The monoisotopic (exact) mass is 242 g/mol. The number of hydrogen-bond acceptors (Lipinski definition) is 2. The van der Waals surface area contributed by atoms with Crippen LogP contribution in [-0.4, -0.2) is 12.5 Å². The van der Waals surface area contributed by atoms with Crippen LogP contribution < -0.4 is 5.32 Å². The number of nitrogens with zero attached hydrogens (tertiary/aromatic N) is 1. The minimum absolute atomic E-state index is 0.153. The summed E-state index contributed by atoms with van der Waals surface area (Å²) in [7, 11) is 0. The molecule has 0 aliphatic rings. The molecule has 1 N–H and O–H groups in total. The van der Waals surface area contributed by atoms with Gasteiger partial charge in [0, 0.05) is 6.54 Å². The highest BCUT2D eigenvalue weighted by Gasteiger charge is 2.08. The van der Waals surface area contributed by atoms with Crippen molar-refractivity contribution in [3.05, 3.63) is 41.0 Å². The summed E-state index contributed by atoms with van der Waals surface area (Å²) in [6.07, 6.45) is 3.58. The molecule has 0 bridgehead atoms. The molecule has 1 rings (SSSR count). The van der Waals surface area contributed by atoms with Gasteiger partial charge in [-0.05, 0) is 30.5 Å². The van der Waals surface area contributed by atoms with E-state index in [0.29, 0.717) is 6.54 Å². The maximum atomic E-state index is 11.8. The van der Waals surface area contributed by atoms with E-state index < -0.39 is 0 Å². The van der Waals surface area contributed by atoms with Crippen LogP contribution in [0, 0.1) is 18.3 Å². The van der Waals surface area contributed by atoms with Crippen LogP contribution in [0.1, 0.15) is 30.9 Å². The van der Waals surface area contributed by atoms with Crippen molar-refractivity contribution >= 4 is 12.0 Å². The second kappa shape index (κ2) is 7.29. The molecule has 1 amide bonds. The van der Waals surface area contributed by atoms with E-state index in [1.165, 1.54) is 0 Å². The lowest BCUT2D eigenvalue weighted by Gasteiger charge is -2.04. The Bertz CT molecular complexity index is 484. The third-order valence-corrected chi connectivity index (χ3v) is 2.67. The average Bonchev–Trinajstić information content (AvgIpc) is 2.38. The van der Waals surface area contributed by atoms with Gasteiger partial charge in [-0.15, -0.1) is 0 Å². The molecule has 0 aromatic heterocycles. The van der Waals surface area contributed by atoms with Gasteiger partial charge >= 0.3 is 0 Å². The van der Waals surface area contributed by atoms with Gasteiger partial charge in [0.05, 0.1) is 0 Å². The van der Waals surface area contributed by atoms with Crippen molar-refractivity contribution < 1.29 is 4.79 Å². The van der Waals surface area contributed by atoms with Gasteiger partial charge in [0.15, 0.2) is 0 Å². The van der Waals surface area contributed by atoms with E-state index in [1.54, 1.807) is 6.08 Å². The van der Waals surface area contributed by atoms with Gasteiger partial charge in [0.1, 0.15) is 11.6 Å². The first-order valence-corrected chi connectivity index (χ1v) is 6.14. The lowest BCUT2D eigenvalue weighted by molar-refractivity contribution is -0.117. The maximum absolute atomic E-state index is 11.8. The van der Waals surface area contributed by atoms with Crippen LogP contribution in [-0.2, 0) is 4.79 Å². The molecule has 0 unspecified atom stereocenters. The van der Waals surface area contributed by atoms with Gasteiger partial charge in [-0.1, -0.05) is 37.6 Å². The Balaban J connectivity index is 2.81. The van der Waals surface area contributed by atoms with Crippen LogP contribution in [0.3, 0.4) is 0 Å². The molecule has 1 aromatic carbocycles. The number of nitriles is 1. The van der Waals surface area contributed by atoms with Gasteiger partial charge in [0.2, 0.25) is 0 Å². The number of hydrogen-bond donors (Lipinski definition) is 1. The molecular weight excluding hydrogens is 224 g/mol. The highest BCUT2D eigenvalue weighted by Crippen LogP contribution is 2.11. The molecule has 18 heavy (non-hydrogen) atoms. The molecule has 0 fully saturated rings. The van der Waals surface area contributed by atoms with E-state index in [4.69, 9.17) is 5.26 Å². The van der Waals surface area contributed by atoms with Gasteiger partial charge in [-0.2, -0.15) is 5.26 Å². The molecule has 0 saturated heterocycles. The smallest absolute Gasteiger partial charge is 0.261 e. The third-order valence-electron chi connectivity index (χ3n) is 2.67. The summed E-state index contributed by atoms with van der Waals surface area (Å²) < 4.78 is 0. The zero-order valence-electron chi connectivity index (χ0n) is 10.9. The number of carbonyl (C=O) groups excluding carboxylic acids is 1. The summed E-state index contributed by atoms with van der Waals surface area (Å²) in [5.74, 6) is -0.297. The van der Waals surface area contributed by atoms with Crippen molar-refractivity contribution in [2.75, 3.05) is 6.54 Å². The largest absolute Gasteiger partial charge is 0.351 e. The minimum Gasteiger partial charge on any atom is -0.351 e. The lowest BCUT2D eigenvalue weighted by Crippen LogP contribution is -2.25.